The van der Waals surface area contributed by atoms with Gasteiger partial charge in [-0.25, -0.2) is 0 Å². The minimum Gasteiger partial charge on any atom is -0.372 e. The fraction of sp³-hybridized carbons (Fsp3) is 0.771. The number of hydrogen-bond donors (Lipinski definition) is 0. The van der Waals surface area contributed by atoms with Crippen LogP contribution in [-0.4, -0.2) is 66.2 Å². The summed E-state index contributed by atoms with van der Waals surface area (Å²) >= 11 is 0. The van der Waals surface area contributed by atoms with Crippen molar-refractivity contribution in [1.29, 1.82) is 0 Å². The van der Waals surface area contributed by atoms with Crippen LogP contribution in [0.4, 0.5) is 4.39 Å². The van der Waals surface area contributed by atoms with E-state index in [4.69, 9.17) is 0 Å². The maximum absolute atomic E-state index is 14.0. The van der Waals surface area contributed by atoms with Crippen molar-refractivity contribution in [3.05, 3.63) is 46.8 Å². The van der Waals surface area contributed by atoms with Crippen molar-refractivity contribution in [2.45, 2.75) is 125 Å². The van der Waals surface area contributed by atoms with Gasteiger partial charge in [0.2, 0.25) is 0 Å². The number of hydrogen-bond acceptors (Lipinski definition) is 3. The number of piperazine rings is 1. The van der Waals surface area contributed by atoms with Gasteiger partial charge in [0.25, 0.3) is 0 Å². The van der Waals surface area contributed by atoms with Gasteiger partial charge in [0.05, 0.1) is 6.67 Å². The summed E-state index contributed by atoms with van der Waals surface area (Å²) in [6.45, 7) is 28.4. The first-order chi connectivity index (χ1) is 18.3. The summed E-state index contributed by atoms with van der Waals surface area (Å²) in [5.74, 6) is 0.726. The fourth-order valence-electron chi connectivity index (χ4n) is 6.86. The van der Waals surface area contributed by atoms with E-state index in [-0.39, 0.29) is 12.2 Å². The highest BCUT2D eigenvalue weighted by Gasteiger charge is 2.42. The molecule has 0 aromatic rings. The second kappa shape index (κ2) is 14.9. The maximum Gasteiger partial charge on any atom is 0.0999 e. The van der Waals surface area contributed by atoms with E-state index in [1.165, 1.54) is 30.5 Å². The first kappa shape index (κ1) is 33.7. The van der Waals surface area contributed by atoms with Crippen LogP contribution < -0.4 is 0 Å². The molecule has 1 aliphatic carbocycles. The van der Waals surface area contributed by atoms with Gasteiger partial charge in [0, 0.05) is 54.6 Å². The Morgan fingerprint density at radius 3 is 2.49 bits per heavy atom. The minimum atomic E-state index is -0.459. The Kier molecular flexibility index (Phi) is 12.9. The summed E-state index contributed by atoms with van der Waals surface area (Å²) in [7, 11) is 2.28. The molecule has 1 saturated heterocycles. The topological polar surface area (TPSA) is 9.72 Å². The van der Waals surface area contributed by atoms with E-state index >= 15 is 0 Å². The highest BCUT2D eigenvalue weighted by molar-refractivity contribution is 5.32. The van der Waals surface area contributed by atoms with E-state index in [1.54, 1.807) is 11.1 Å². The molecule has 0 radical (unpaired) electrons. The molecule has 0 aromatic carbocycles. The molecule has 2 atom stereocenters. The number of likely N-dealkylation sites (N-methyl/N-ethyl adjacent to an activating group) is 1. The highest BCUT2D eigenvalue weighted by atomic mass is 19.1. The summed E-state index contributed by atoms with van der Waals surface area (Å²) in [5, 5.41) is 0. The van der Waals surface area contributed by atoms with Gasteiger partial charge in [0.1, 0.15) is 0 Å². The molecule has 3 nitrogen and oxygen atoms in total. The second-order valence-corrected chi connectivity index (χ2v) is 13.7. The van der Waals surface area contributed by atoms with E-state index < -0.39 is 5.41 Å². The molecule has 0 aromatic heterocycles. The Morgan fingerprint density at radius 2 is 1.92 bits per heavy atom. The lowest BCUT2D eigenvalue weighted by Crippen LogP contribution is -2.64. The third-order valence-electron chi connectivity index (χ3n) is 9.44. The Balaban J connectivity index is 2.22. The predicted octanol–water partition coefficient (Wildman–Crippen LogP) is 9.15. The van der Waals surface area contributed by atoms with Crippen molar-refractivity contribution in [2.24, 2.45) is 11.3 Å². The molecular weight excluding hydrogens is 481 g/mol. The first-order valence-corrected chi connectivity index (χ1v) is 15.9. The lowest BCUT2D eigenvalue weighted by Gasteiger charge is -2.54. The van der Waals surface area contributed by atoms with E-state index in [9.17, 15) is 4.39 Å². The van der Waals surface area contributed by atoms with Crippen molar-refractivity contribution in [3.63, 3.8) is 0 Å². The summed E-state index contributed by atoms with van der Waals surface area (Å²) in [6, 6.07) is 0.407. The van der Waals surface area contributed by atoms with Crippen LogP contribution in [0.5, 0.6) is 0 Å². The first-order valence-electron chi connectivity index (χ1n) is 15.9. The smallest absolute Gasteiger partial charge is 0.0999 e. The normalized spacial score (nSPS) is 27.3. The Hall–Kier alpha value is -1.55. The van der Waals surface area contributed by atoms with E-state index in [0.29, 0.717) is 6.04 Å². The highest BCUT2D eigenvalue weighted by Crippen LogP contribution is 2.37. The van der Waals surface area contributed by atoms with Gasteiger partial charge >= 0.3 is 0 Å². The summed E-state index contributed by atoms with van der Waals surface area (Å²) in [5.41, 5.74) is 6.74. The van der Waals surface area contributed by atoms with Crippen molar-refractivity contribution in [1.82, 2.24) is 14.7 Å². The summed E-state index contributed by atoms with van der Waals surface area (Å²) < 4.78 is 14.0. The molecule has 1 fully saturated rings. The molecule has 2 unspecified atom stereocenters. The molecule has 0 bridgehead atoms. The Labute approximate surface area is 242 Å². The van der Waals surface area contributed by atoms with Crippen LogP contribution in [-0.2, 0) is 0 Å². The number of rotatable bonds is 13. The molecule has 39 heavy (non-hydrogen) atoms. The number of allylic oxidation sites excluding steroid dienone is 6. The van der Waals surface area contributed by atoms with E-state index in [0.717, 1.165) is 69.9 Å². The molecular formula is C35H62FN3. The second-order valence-electron chi connectivity index (χ2n) is 13.7. The molecule has 1 heterocycles. The van der Waals surface area contributed by atoms with Crippen LogP contribution in [0.3, 0.4) is 0 Å². The van der Waals surface area contributed by atoms with Crippen molar-refractivity contribution >= 4 is 0 Å². The Morgan fingerprint density at radius 1 is 1.23 bits per heavy atom. The maximum atomic E-state index is 14.0. The Bertz CT molecular complexity index is 896. The largest absolute Gasteiger partial charge is 0.372 e. The standard InChI is InChI=1S/C35H62FN3/c1-12-21-38(29(7)31-16-15-17-32(23-27(4)5)30(13-2)18-19-31)22-20-35(10)26-39(24-28(6)37(35)11)33(14-3)34(8,9)25-36/h14,19,27-28H,7,12-13,15-18,20-26H2,1-6,8-11H3/b31-19+,32-30+,33-14-. The number of nitrogens with zero attached hydrogens (tertiary/aromatic N) is 3. The van der Waals surface area contributed by atoms with E-state index in [2.05, 4.69) is 88.9 Å². The van der Waals surface area contributed by atoms with Gasteiger partial charge < -0.3 is 9.80 Å². The van der Waals surface area contributed by atoms with Crippen molar-refractivity contribution in [2.75, 3.05) is 39.9 Å². The van der Waals surface area contributed by atoms with Gasteiger partial charge in [-0.05, 0) is 90.7 Å². The van der Waals surface area contributed by atoms with Gasteiger partial charge in [-0.1, -0.05) is 71.4 Å². The third kappa shape index (κ3) is 8.72. The average molecular weight is 544 g/mol. The predicted molar refractivity (Wildman–Crippen MR) is 170 cm³/mol. The number of halogens is 1. The van der Waals surface area contributed by atoms with Crippen LogP contribution in [0.25, 0.3) is 0 Å². The van der Waals surface area contributed by atoms with Gasteiger partial charge in [-0.3, -0.25) is 9.29 Å². The zero-order valence-electron chi connectivity index (χ0n) is 27.4. The minimum absolute atomic E-state index is 0.00374. The van der Waals surface area contributed by atoms with E-state index in [1.807, 2.05) is 13.8 Å². The molecule has 0 amide bonds. The SMILES string of the molecule is C=C(/C1=C/C/C(CC)=C(/CC(C)C)CCC1)N(CCC)CCC1(C)CN(/C(=C\C)C(C)(C)CF)CC(C)N1C. The molecule has 0 saturated carbocycles. The van der Waals surface area contributed by atoms with Crippen LogP contribution in [0.1, 0.15) is 114 Å². The zero-order valence-corrected chi connectivity index (χ0v) is 27.4. The summed E-state index contributed by atoms with van der Waals surface area (Å²) in [4.78, 5) is 7.59. The molecule has 0 N–H and O–H groups in total. The average Bonchev–Trinajstić information content (AvgIpc) is 2.86. The molecule has 4 heteroatoms. The summed E-state index contributed by atoms with van der Waals surface area (Å²) in [6.07, 6.45) is 13.9. The van der Waals surface area contributed by atoms with Crippen molar-refractivity contribution < 1.29 is 4.39 Å². The molecule has 2 aliphatic rings. The van der Waals surface area contributed by atoms with Crippen LogP contribution in [0.2, 0.25) is 0 Å². The van der Waals surface area contributed by atoms with Gasteiger partial charge in [-0.15, -0.1) is 0 Å². The van der Waals surface area contributed by atoms with Crippen LogP contribution in [0.15, 0.2) is 46.8 Å². The monoisotopic (exact) mass is 543 g/mol. The molecule has 1 aliphatic heterocycles. The van der Waals surface area contributed by atoms with Crippen LogP contribution >= 0.6 is 0 Å². The van der Waals surface area contributed by atoms with Crippen molar-refractivity contribution in [3.8, 4) is 0 Å². The van der Waals surface area contributed by atoms with Gasteiger partial charge in [-0.2, -0.15) is 0 Å². The lowest BCUT2D eigenvalue weighted by molar-refractivity contribution is -0.0137. The molecule has 224 valence electrons. The molecule has 2 rings (SSSR count). The van der Waals surface area contributed by atoms with Crippen LogP contribution in [0, 0.1) is 11.3 Å². The molecule has 0 spiro atoms. The van der Waals surface area contributed by atoms with Gasteiger partial charge in [0.15, 0.2) is 0 Å². The number of alkyl halides is 1. The zero-order chi connectivity index (χ0) is 29.4. The quantitative estimate of drug-likeness (QED) is 0.214. The third-order valence-corrected chi connectivity index (χ3v) is 9.44. The fourth-order valence-corrected chi connectivity index (χ4v) is 6.86. The lowest BCUT2D eigenvalue weighted by atomic mass is 9.84.